The van der Waals surface area contributed by atoms with Gasteiger partial charge in [-0.15, -0.1) is 11.8 Å². The van der Waals surface area contributed by atoms with Crippen LogP contribution in [0.3, 0.4) is 0 Å². The molecule has 0 bridgehead atoms. The van der Waals surface area contributed by atoms with Gasteiger partial charge in [-0.1, -0.05) is 60.7 Å². The van der Waals surface area contributed by atoms with Crippen LogP contribution in [0.5, 0.6) is 0 Å². The molecule has 0 radical (unpaired) electrons. The lowest BCUT2D eigenvalue weighted by Crippen LogP contribution is -2.47. The number of amides is 1. The van der Waals surface area contributed by atoms with Crippen LogP contribution in [0.1, 0.15) is 31.4 Å². The molecule has 3 rings (SSSR count). The molecule has 2 aromatic carbocycles. The fourth-order valence-electron chi connectivity index (χ4n) is 3.85. The zero-order valence-electron chi connectivity index (χ0n) is 17.5. The Labute approximate surface area is 187 Å². The van der Waals surface area contributed by atoms with Crippen molar-refractivity contribution in [3.63, 3.8) is 0 Å². The molecule has 1 saturated heterocycles. The van der Waals surface area contributed by atoms with E-state index >= 15 is 0 Å². The van der Waals surface area contributed by atoms with Gasteiger partial charge in [0, 0.05) is 34.0 Å². The number of nitrogens with zero attached hydrogens (tertiary/aromatic N) is 1. The molecular weight excluding hydrogens is 414 g/mol. The summed E-state index contributed by atoms with van der Waals surface area (Å²) in [6.45, 7) is 4.04. The van der Waals surface area contributed by atoms with Crippen molar-refractivity contribution in [2.45, 2.75) is 42.6 Å². The van der Waals surface area contributed by atoms with Gasteiger partial charge in [0.05, 0.1) is 0 Å². The number of carboxylic acid groups (broad SMARTS) is 1. The lowest BCUT2D eigenvalue weighted by molar-refractivity contribution is -0.144. The minimum absolute atomic E-state index is 0.0173. The highest BCUT2D eigenvalue weighted by atomic mass is 32.2. The predicted octanol–water partition coefficient (Wildman–Crippen LogP) is 4.93. The molecule has 2 atom stereocenters. The van der Waals surface area contributed by atoms with E-state index in [1.165, 1.54) is 11.1 Å². The first-order valence-electron chi connectivity index (χ1n) is 10.2. The highest BCUT2D eigenvalue weighted by Crippen LogP contribution is 2.41. The van der Waals surface area contributed by atoms with Gasteiger partial charge >= 0.3 is 5.97 Å². The topological polar surface area (TPSA) is 57.6 Å². The summed E-state index contributed by atoms with van der Waals surface area (Å²) in [6, 6.07) is 20.4. The maximum atomic E-state index is 13.1. The number of rotatable bonds is 10. The third-order valence-electron chi connectivity index (χ3n) is 5.51. The van der Waals surface area contributed by atoms with E-state index < -0.39 is 5.97 Å². The smallest absolute Gasteiger partial charge is 0.323 e. The maximum absolute atomic E-state index is 13.1. The number of benzene rings is 2. The molecule has 160 valence electrons. The van der Waals surface area contributed by atoms with Crippen molar-refractivity contribution < 1.29 is 14.7 Å². The number of hydrogen-bond acceptors (Lipinski definition) is 4. The van der Waals surface area contributed by atoms with Gasteiger partial charge in [0.15, 0.2) is 0 Å². The Balaban J connectivity index is 1.64. The summed E-state index contributed by atoms with van der Waals surface area (Å²) in [5.41, 5.74) is 2.48. The van der Waals surface area contributed by atoms with E-state index in [1.54, 1.807) is 28.4 Å². The number of thioether (sulfide) groups is 2. The first-order valence-corrected chi connectivity index (χ1v) is 12.3. The van der Waals surface area contributed by atoms with Crippen molar-refractivity contribution in [2.24, 2.45) is 5.92 Å². The molecular formula is C24H29NO3S2. The summed E-state index contributed by atoms with van der Waals surface area (Å²) < 4.78 is -0.236. The van der Waals surface area contributed by atoms with Gasteiger partial charge in [-0.05, 0) is 31.4 Å². The van der Waals surface area contributed by atoms with Crippen LogP contribution >= 0.6 is 23.5 Å². The zero-order chi connectivity index (χ0) is 21.6. The summed E-state index contributed by atoms with van der Waals surface area (Å²) in [5, 5.41) is 9.39. The van der Waals surface area contributed by atoms with E-state index in [4.69, 9.17) is 0 Å². The van der Waals surface area contributed by atoms with Crippen LogP contribution in [-0.2, 0) is 21.1 Å². The summed E-state index contributed by atoms with van der Waals surface area (Å²) in [7, 11) is 0. The summed E-state index contributed by atoms with van der Waals surface area (Å²) in [4.78, 5) is 26.1. The zero-order valence-corrected chi connectivity index (χ0v) is 19.1. The largest absolute Gasteiger partial charge is 0.480 e. The second-order valence-electron chi connectivity index (χ2n) is 8.19. The molecule has 1 amide bonds. The molecule has 0 saturated carbocycles. The monoisotopic (exact) mass is 443 g/mol. The van der Waals surface area contributed by atoms with Crippen molar-refractivity contribution in [1.82, 2.24) is 4.90 Å². The number of likely N-dealkylation sites (tertiary alicyclic amines) is 1. The molecule has 30 heavy (non-hydrogen) atoms. The third kappa shape index (κ3) is 6.05. The van der Waals surface area contributed by atoms with Gasteiger partial charge in [0.2, 0.25) is 5.91 Å². The lowest BCUT2D eigenvalue weighted by atomic mass is 9.97. The lowest BCUT2D eigenvalue weighted by Gasteiger charge is -2.36. The molecule has 6 heteroatoms. The van der Waals surface area contributed by atoms with Crippen LogP contribution in [0.4, 0.5) is 0 Å². The van der Waals surface area contributed by atoms with Crippen LogP contribution in [0.15, 0.2) is 60.7 Å². The Kier molecular flexibility index (Phi) is 7.89. The highest BCUT2D eigenvalue weighted by molar-refractivity contribution is 7.99. The standard InChI is InChI=1S/C24H29NO3S2/c1-24(2,30-16-19-11-7-4-8-12-19)21-13-20(23(28)25(21)14-22(26)27)17-29-15-18-9-5-3-6-10-18/h3-12,20-21H,13-17H2,1-2H3,(H,26,27)/t20-,21+/m1/s1. The van der Waals surface area contributed by atoms with Gasteiger partial charge in [0.25, 0.3) is 0 Å². The number of hydrogen-bond donors (Lipinski definition) is 1. The fraction of sp³-hybridized carbons (Fsp3) is 0.417. The Morgan fingerprint density at radius 2 is 1.60 bits per heavy atom. The normalized spacial score (nSPS) is 19.3. The minimum atomic E-state index is -0.949. The second kappa shape index (κ2) is 10.4. The number of aliphatic carboxylic acids is 1. The Hall–Kier alpha value is -1.92. The van der Waals surface area contributed by atoms with Crippen LogP contribution in [-0.4, -0.2) is 45.0 Å². The molecule has 1 aliphatic rings. The molecule has 0 unspecified atom stereocenters. The minimum Gasteiger partial charge on any atom is -0.480 e. The summed E-state index contributed by atoms with van der Waals surface area (Å²) in [5.74, 6) is 1.33. The van der Waals surface area contributed by atoms with Crippen LogP contribution in [0.2, 0.25) is 0 Å². The van der Waals surface area contributed by atoms with E-state index in [1.807, 2.05) is 36.4 Å². The van der Waals surface area contributed by atoms with Gasteiger partial charge in [0.1, 0.15) is 6.54 Å². The van der Waals surface area contributed by atoms with Gasteiger partial charge in [-0.2, -0.15) is 11.8 Å². The quantitative estimate of drug-likeness (QED) is 0.564. The van der Waals surface area contributed by atoms with Crippen molar-refractivity contribution in [3.05, 3.63) is 71.8 Å². The Morgan fingerprint density at radius 1 is 1.03 bits per heavy atom. The van der Waals surface area contributed by atoms with Crippen molar-refractivity contribution in [1.29, 1.82) is 0 Å². The second-order valence-corrected chi connectivity index (χ2v) is 10.8. The molecule has 0 aliphatic carbocycles. The number of carbonyl (C=O) groups is 2. The highest BCUT2D eigenvalue weighted by Gasteiger charge is 2.47. The first-order chi connectivity index (χ1) is 14.4. The predicted molar refractivity (Wildman–Crippen MR) is 126 cm³/mol. The fourth-order valence-corrected chi connectivity index (χ4v) is 6.11. The van der Waals surface area contributed by atoms with Crippen LogP contribution in [0.25, 0.3) is 0 Å². The van der Waals surface area contributed by atoms with E-state index in [-0.39, 0.29) is 29.2 Å². The van der Waals surface area contributed by atoms with E-state index in [2.05, 4.69) is 38.1 Å². The first kappa shape index (κ1) is 22.8. The number of carboxylic acids is 1. The van der Waals surface area contributed by atoms with Gasteiger partial charge < -0.3 is 10.0 Å². The third-order valence-corrected chi connectivity index (χ3v) is 8.18. The van der Waals surface area contributed by atoms with Crippen LogP contribution < -0.4 is 0 Å². The Morgan fingerprint density at radius 3 is 2.17 bits per heavy atom. The van der Waals surface area contributed by atoms with Gasteiger partial charge in [-0.25, -0.2) is 0 Å². The van der Waals surface area contributed by atoms with Crippen LogP contribution in [0, 0.1) is 5.92 Å². The number of carbonyl (C=O) groups excluding carboxylic acids is 1. The summed E-state index contributed by atoms with van der Waals surface area (Å²) >= 11 is 3.54. The molecule has 1 heterocycles. The maximum Gasteiger partial charge on any atom is 0.323 e. The van der Waals surface area contributed by atoms with E-state index in [0.717, 1.165) is 17.3 Å². The molecule has 4 nitrogen and oxygen atoms in total. The average Bonchev–Trinajstić information content (AvgIpc) is 3.04. The molecule has 0 aromatic heterocycles. The van der Waals surface area contributed by atoms with E-state index in [0.29, 0.717) is 6.42 Å². The van der Waals surface area contributed by atoms with Crippen molar-refractivity contribution >= 4 is 35.4 Å². The molecule has 2 aromatic rings. The van der Waals surface area contributed by atoms with Crippen molar-refractivity contribution in [3.8, 4) is 0 Å². The average molecular weight is 444 g/mol. The SMILES string of the molecule is CC(C)(SCc1ccccc1)[C@@H]1C[C@H](CSCc2ccccc2)C(=O)N1CC(=O)O. The Bertz CT molecular complexity index is 842. The molecule has 0 spiro atoms. The van der Waals surface area contributed by atoms with Gasteiger partial charge in [-0.3, -0.25) is 9.59 Å². The molecule has 1 aliphatic heterocycles. The van der Waals surface area contributed by atoms with E-state index in [9.17, 15) is 14.7 Å². The molecule has 1 N–H and O–H groups in total. The summed E-state index contributed by atoms with van der Waals surface area (Å²) in [6.07, 6.45) is 0.711. The molecule has 1 fully saturated rings. The van der Waals surface area contributed by atoms with Crippen molar-refractivity contribution in [2.75, 3.05) is 12.3 Å².